The van der Waals surface area contributed by atoms with Gasteiger partial charge in [0, 0.05) is 18.8 Å². The van der Waals surface area contributed by atoms with E-state index >= 15 is 0 Å². The molecule has 126 valence electrons. The summed E-state index contributed by atoms with van der Waals surface area (Å²) in [6, 6.07) is 7.19. The topological polar surface area (TPSA) is 73.5 Å². The first-order valence-electron chi connectivity index (χ1n) is 8.12. The lowest BCUT2D eigenvalue weighted by Crippen LogP contribution is -2.47. The van der Waals surface area contributed by atoms with Gasteiger partial charge in [-0.3, -0.25) is 4.79 Å². The van der Waals surface area contributed by atoms with Gasteiger partial charge in [0.05, 0.1) is 6.54 Å². The van der Waals surface area contributed by atoms with Gasteiger partial charge in [-0.05, 0) is 57.0 Å². The van der Waals surface area contributed by atoms with E-state index in [4.69, 9.17) is 0 Å². The smallest absolute Gasteiger partial charge is 0.319 e. The van der Waals surface area contributed by atoms with E-state index in [9.17, 15) is 9.59 Å². The molecule has 1 unspecified atom stereocenters. The molecule has 1 aliphatic heterocycles. The molecule has 1 aromatic carbocycles. The summed E-state index contributed by atoms with van der Waals surface area (Å²) in [6.07, 6.45) is 2.17. The van der Waals surface area contributed by atoms with Crippen molar-refractivity contribution in [1.82, 2.24) is 15.5 Å². The van der Waals surface area contributed by atoms with Crippen LogP contribution in [0.4, 0.5) is 10.5 Å². The maximum Gasteiger partial charge on any atom is 0.319 e. The van der Waals surface area contributed by atoms with Crippen molar-refractivity contribution in [2.24, 2.45) is 5.92 Å². The van der Waals surface area contributed by atoms with Crippen LogP contribution in [0, 0.1) is 12.8 Å². The van der Waals surface area contributed by atoms with Gasteiger partial charge in [0.15, 0.2) is 0 Å². The second kappa shape index (κ2) is 8.53. The number of aryl methyl sites for hydroxylation is 1. The Balaban J connectivity index is 1.76. The monoisotopic (exact) mass is 318 g/mol. The average molecular weight is 318 g/mol. The third-order valence-corrected chi connectivity index (χ3v) is 4.04. The lowest BCUT2D eigenvalue weighted by molar-refractivity contribution is -0.131. The molecule has 0 aromatic heterocycles. The van der Waals surface area contributed by atoms with Crippen molar-refractivity contribution < 1.29 is 9.59 Å². The summed E-state index contributed by atoms with van der Waals surface area (Å²) in [5.74, 6) is 0.476. The summed E-state index contributed by atoms with van der Waals surface area (Å²) in [7, 11) is 1.93. The standard InChI is InChI=1S/C17H26N4O2/c1-13-5-3-7-15(9-13)20-17(23)19-11-16(22)21-8-4-6-14(12-21)10-18-2/h3,5,7,9,14,18H,4,6,8,10-12H2,1-2H3,(H2,19,20,23). The van der Waals surface area contributed by atoms with Gasteiger partial charge in [0.1, 0.15) is 0 Å². The van der Waals surface area contributed by atoms with E-state index in [0.29, 0.717) is 5.92 Å². The highest BCUT2D eigenvalue weighted by Crippen LogP contribution is 2.15. The number of hydrogen-bond acceptors (Lipinski definition) is 3. The van der Waals surface area contributed by atoms with Gasteiger partial charge in [-0.1, -0.05) is 12.1 Å². The van der Waals surface area contributed by atoms with Crippen LogP contribution in [0.2, 0.25) is 0 Å². The maximum absolute atomic E-state index is 12.2. The quantitative estimate of drug-likeness (QED) is 0.771. The Bertz CT molecular complexity index is 545. The van der Waals surface area contributed by atoms with Gasteiger partial charge in [0.2, 0.25) is 5.91 Å². The first-order chi connectivity index (χ1) is 11.1. The Kier molecular flexibility index (Phi) is 6.40. The second-order valence-electron chi connectivity index (χ2n) is 6.08. The van der Waals surface area contributed by atoms with Crippen molar-refractivity contribution in [2.75, 3.05) is 38.5 Å². The molecule has 6 heteroatoms. The molecular weight excluding hydrogens is 292 g/mol. The number of urea groups is 1. The van der Waals surface area contributed by atoms with Crippen LogP contribution >= 0.6 is 0 Å². The zero-order valence-corrected chi connectivity index (χ0v) is 13.9. The molecular formula is C17H26N4O2. The van der Waals surface area contributed by atoms with Crippen LogP contribution in [0.1, 0.15) is 18.4 Å². The Morgan fingerprint density at radius 1 is 1.35 bits per heavy atom. The first kappa shape index (κ1) is 17.3. The molecule has 6 nitrogen and oxygen atoms in total. The fraction of sp³-hybridized carbons (Fsp3) is 0.529. The molecule has 2 rings (SSSR count). The number of hydrogen-bond donors (Lipinski definition) is 3. The number of nitrogens with one attached hydrogen (secondary N) is 3. The number of benzene rings is 1. The molecule has 1 fully saturated rings. The minimum atomic E-state index is -0.354. The first-order valence-corrected chi connectivity index (χ1v) is 8.12. The van der Waals surface area contributed by atoms with E-state index in [1.165, 1.54) is 0 Å². The molecule has 0 spiro atoms. The molecule has 3 N–H and O–H groups in total. The van der Waals surface area contributed by atoms with Gasteiger partial charge in [-0.2, -0.15) is 0 Å². The molecule has 3 amide bonds. The average Bonchev–Trinajstić information content (AvgIpc) is 2.53. The predicted octanol–water partition coefficient (Wildman–Crippen LogP) is 1.57. The second-order valence-corrected chi connectivity index (χ2v) is 6.08. The summed E-state index contributed by atoms with van der Waals surface area (Å²) >= 11 is 0. The lowest BCUT2D eigenvalue weighted by Gasteiger charge is -2.32. The zero-order valence-electron chi connectivity index (χ0n) is 13.9. The van der Waals surface area contributed by atoms with Crippen LogP contribution in [-0.4, -0.2) is 50.1 Å². The Labute approximate surface area is 137 Å². The highest BCUT2D eigenvalue weighted by Gasteiger charge is 2.23. The van der Waals surface area contributed by atoms with Crippen LogP contribution in [0.25, 0.3) is 0 Å². The summed E-state index contributed by atoms with van der Waals surface area (Å²) in [5, 5.41) is 8.54. The summed E-state index contributed by atoms with van der Waals surface area (Å²) in [5.41, 5.74) is 1.80. The largest absolute Gasteiger partial charge is 0.341 e. The van der Waals surface area contributed by atoms with Crippen molar-refractivity contribution in [3.63, 3.8) is 0 Å². The van der Waals surface area contributed by atoms with Crippen molar-refractivity contribution in [3.8, 4) is 0 Å². The van der Waals surface area contributed by atoms with Gasteiger partial charge in [-0.15, -0.1) is 0 Å². The normalized spacial score (nSPS) is 17.7. The number of nitrogens with zero attached hydrogens (tertiary/aromatic N) is 1. The fourth-order valence-electron chi connectivity index (χ4n) is 2.91. The molecule has 1 heterocycles. The number of carbonyl (C=O) groups excluding carboxylic acids is 2. The Hall–Kier alpha value is -2.08. The molecule has 0 bridgehead atoms. The summed E-state index contributed by atoms with van der Waals surface area (Å²) < 4.78 is 0. The van der Waals surface area contributed by atoms with E-state index in [1.807, 2.05) is 43.1 Å². The molecule has 23 heavy (non-hydrogen) atoms. The van der Waals surface area contributed by atoms with Crippen molar-refractivity contribution in [3.05, 3.63) is 29.8 Å². The van der Waals surface area contributed by atoms with E-state index in [2.05, 4.69) is 16.0 Å². The number of piperidine rings is 1. The maximum atomic E-state index is 12.2. The number of carbonyl (C=O) groups is 2. The van der Waals surface area contributed by atoms with Crippen LogP contribution in [-0.2, 0) is 4.79 Å². The molecule has 1 aliphatic rings. The van der Waals surface area contributed by atoms with Gasteiger partial charge in [0.25, 0.3) is 0 Å². The highest BCUT2D eigenvalue weighted by atomic mass is 16.2. The number of anilines is 1. The van der Waals surface area contributed by atoms with Gasteiger partial charge < -0.3 is 20.9 Å². The highest BCUT2D eigenvalue weighted by molar-refractivity contribution is 5.92. The molecule has 1 saturated heterocycles. The van der Waals surface area contributed by atoms with Gasteiger partial charge in [-0.25, -0.2) is 4.79 Å². The molecule has 0 saturated carbocycles. The summed E-state index contributed by atoms with van der Waals surface area (Å²) in [6.45, 7) is 4.46. The minimum Gasteiger partial charge on any atom is -0.341 e. The SMILES string of the molecule is CNCC1CCCN(C(=O)CNC(=O)Nc2cccc(C)c2)C1. The lowest BCUT2D eigenvalue weighted by atomic mass is 9.98. The Morgan fingerprint density at radius 3 is 2.91 bits per heavy atom. The van der Waals surface area contributed by atoms with Crippen molar-refractivity contribution in [1.29, 1.82) is 0 Å². The fourth-order valence-corrected chi connectivity index (χ4v) is 2.91. The van der Waals surface area contributed by atoms with E-state index in [-0.39, 0.29) is 18.5 Å². The number of amides is 3. The number of rotatable bonds is 5. The number of likely N-dealkylation sites (tertiary alicyclic amines) is 1. The summed E-state index contributed by atoms with van der Waals surface area (Å²) in [4.78, 5) is 25.9. The van der Waals surface area contributed by atoms with E-state index < -0.39 is 0 Å². The zero-order chi connectivity index (χ0) is 16.7. The Morgan fingerprint density at radius 2 is 2.17 bits per heavy atom. The van der Waals surface area contributed by atoms with Crippen LogP contribution in [0.5, 0.6) is 0 Å². The molecule has 1 aromatic rings. The molecule has 0 aliphatic carbocycles. The minimum absolute atomic E-state index is 0.0230. The molecule has 1 atom stereocenters. The van der Waals surface area contributed by atoms with Gasteiger partial charge >= 0.3 is 6.03 Å². The van der Waals surface area contributed by atoms with Crippen molar-refractivity contribution in [2.45, 2.75) is 19.8 Å². The van der Waals surface area contributed by atoms with Crippen LogP contribution in [0.3, 0.4) is 0 Å². The third kappa shape index (κ3) is 5.56. The van der Waals surface area contributed by atoms with Crippen molar-refractivity contribution >= 4 is 17.6 Å². The predicted molar refractivity (Wildman–Crippen MR) is 91.4 cm³/mol. The van der Waals surface area contributed by atoms with E-state index in [1.54, 1.807) is 0 Å². The third-order valence-electron chi connectivity index (χ3n) is 4.04. The molecule has 0 radical (unpaired) electrons. The van der Waals surface area contributed by atoms with Crippen LogP contribution < -0.4 is 16.0 Å². The van der Waals surface area contributed by atoms with E-state index in [0.717, 1.165) is 43.7 Å². The van der Waals surface area contributed by atoms with Crippen LogP contribution in [0.15, 0.2) is 24.3 Å².